The minimum atomic E-state index is -0.140. The van der Waals surface area contributed by atoms with Crippen LogP contribution in [0.1, 0.15) is 5.56 Å². The molecule has 2 heterocycles. The molecule has 1 aromatic carbocycles. The highest BCUT2D eigenvalue weighted by Crippen LogP contribution is 2.08. The predicted molar refractivity (Wildman–Crippen MR) is 72.9 cm³/mol. The molecule has 19 heavy (non-hydrogen) atoms. The smallest absolute Gasteiger partial charge is 0.260 e. The summed E-state index contributed by atoms with van der Waals surface area (Å²) in [6.45, 7) is 0.565. The number of para-hydroxylation sites is 1. The predicted octanol–water partition coefficient (Wildman–Crippen LogP) is 1.27. The molecule has 0 atom stereocenters. The molecular weight excluding hydrogens is 242 g/mol. The molecule has 0 unspecified atom stereocenters. The van der Waals surface area contributed by atoms with E-state index in [1.54, 1.807) is 16.9 Å². The maximum absolute atomic E-state index is 11.9. The van der Waals surface area contributed by atoms with E-state index in [9.17, 15) is 4.79 Å². The summed E-state index contributed by atoms with van der Waals surface area (Å²) in [5.74, 6) is 0.465. The van der Waals surface area contributed by atoms with Crippen LogP contribution in [-0.2, 0) is 13.6 Å². The molecule has 2 aromatic heterocycles. The first kappa shape index (κ1) is 11.5. The SMILES string of the molecule is Cn1cc(CNc2nc3ccccc3c(=O)[nH]2)cn1. The third-order valence-electron chi connectivity index (χ3n) is 2.83. The Labute approximate surface area is 109 Å². The standard InChI is InChI=1S/C13H13N5O/c1-18-8-9(7-15-18)6-14-13-16-11-5-3-2-4-10(11)12(19)17-13/h2-5,7-8H,6H2,1H3,(H2,14,16,17,19). The summed E-state index contributed by atoms with van der Waals surface area (Å²) < 4.78 is 1.73. The van der Waals surface area contributed by atoms with Crippen LogP contribution in [0, 0.1) is 0 Å². The van der Waals surface area contributed by atoms with Gasteiger partial charge in [0.1, 0.15) is 0 Å². The van der Waals surface area contributed by atoms with Crippen LogP contribution in [-0.4, -0.2) is 19.7 Å². The quantitative estimate of drug-likeness (QED) is 0.739. The Morgan fingerprint density at radius 3 is 3.00 bits per heavy atom. The van der Waals surface area contributed by atoms with Crippen LogP contribution in [0.25, 0.3) is 10.9 Å². The van der Waals surface area contributed by atoms with Crippen LogP contribution in [0.2, 0.25) is 0 Å². The van der Waals surface area contributed by atoms with Crippen molar-refractivity contribution in [3.63, 3.8) is 0 Å². The van der Waals surface area contributed by atoms with Gasteiger partial charge < -0.3 is 5.32 Å². The van der Waals surface area contributed by atoms with Crippen LogP contribution in [0.3, 0.4) is 0 Å². The number of hydrogen-bond acceptors (Lipinski definition) is 4. The molecule has 0 bridgehead atoms. The van der Waals surface area contributed by atoms with E-state index in [0.717, 1.165) is 5.56 Å². The van der Waals surface area contributed by atoms with Crippen molar-refractivity contribution in [2.24, 2.45) is 7.05 Å². The summed E-state index contributed by atoms with van der Waals surface area (Å²) in [6, 6.07) is 7.26. The van der Waals surface area contributed by atoms with Crippen LogP contribution in [0.15, 0.2) is 41.5 Å². The summed E-state index contributed by atoms with van der Waals surface area (Å²) in [7, 11) is 1.86. The number of aromatic amines is 1. The van der Waals surface area contributed by atoms with Crippen molar-refractivity contribution >= 4 is 16.9 Å². The number of aryl methyl sites for hydroxylation is 1. The summed E-state index contributed by atoms with van der Waals surface area (Å²) in [5.41, 5.74) is 1.57. The number of hydrogen-bond donors (Lipinski definition) is 2. The van der Waals surface area contributed by atoms with Crippen molar-refractivity contribution in [3.05, 3.63) is 52.6 Å². The summed E-state index contributed by atoms with van der Waals surface area (Å²) in [5, 5.41) is 7.76. The zero-order valence-electron chi connectivity index (χ0n) is 10.4. The lowest BCUT2D eigenvalue weighted by atomic mass is 10.2. The highest BCUT2D eigenvalue weighted by molar-refractivity contribution is 5.78. The monoisotopic (exact) mass is 255 g/mol. The van der Waals surface area contributed by atoms with Crippen molar-refractivity contribution in [2.75, 3.05) is 5.32 Å². The molecule has 0 radical (unpaired) electrons. The summed E-state index contributed by atoms with van der Waals surface area (Å²) >= 11 is 0. The Kier molecular flexibility index (Phi) is 2.75. The number of fused-ring (bicyclic) bond motifs is 1. The lowest BCUT2D eigenvalue weighted by Crippen LogP contribution is -2.12. The van der Waals surface area contributed by atoms with Gasteiger partial charge in [0, 0.05) is 25.4 Å². The third-order valence-corrected chi connectivity index (χ3v) is 2.83. The second-order valence-electron chi connectivity index (χ2n) is 4.31. The molecule has 96 valence electrons. The fourth-order valence-electron chi connectivity index (χ4n) is 1.92. The molecule has 2 N–H and O–H groups in total. The third kappa shape index (κ3) is 2.33. The molecule has 0 aliphatic rings. The Hall–Kier alpha value is -2.63. The number of rotatable bonds is 3. The minimum Gasteiger partial charge on any atom is -0.352 e. The fraction of sp³-hybridized carbons (Fsp3) is 0.154. The van der Waals surface area contributed by atoms with E-state index in [0.29, 0.717) is 23.4 Å². The topological polar surface area (TPSA) is 75.6 Å². The first-order chi connectivity index (χ1) is 9.22. The van der Waals surface area contributed by atoms with Gasteiger partial charge in [-0.05, 0) is 12.1 Å². The normalized spacial score (nSPS) is 10.8. The van der Waals surface area contributed by atoms with Crippen molar-refractivity contribution in [1.29, 1.82) is 0 Å². The average molecular weight is 255 g/mol. The van der Waals surface area contributed by atoms with E-state index >= 15 is 0 Å². The molecule has 0 aliphatic carbocycles. The zero-order valence-corrected chi connectivity index (χ0v) is 10.4. The lowest BCUT2D eigenvalue weighted by molar-refractivity contribution is 0.767. The van der Waals surface area contributed by atoms with E-state index < -0.39 is 0 Å². The molecular formula is C13H13N5O. The van der Waals surface area contributed by atoms with Gasteiger partial charge in [-0.3, -0.25) is 14.5 Å². The molecule has 6 heteroatoms. The lowest BCUT2D eigenvalue weighted by Gasteiger charge is -2.04. The highest BCUT2D eigenvalue weighted by atomic mass is 16.1. The minimum absolute atomic E-state index is 0.140. The first-order valence-electron chi connectivity index (χ1n) is 5.93. The van der Waals surface area contributed by atoms with Crippen molar-refractivity contribution in [2.45, 2.75) is 6.54 Å². The Bertz CT molecular complexity index is 774. The average Bonchev–Trinajstić information content (AvgIpc) is 2.82. The van der Waals surface area contributed by atoms with Crippen LogP contribution in [0.5, 0.6) is 0 Å². The molecule has 0 saturated heterocycles. The van der Waals surface area contributed by atoms with Gasteiger partial charge in [0.2, 0.25) is 5.95 Å². The number of anilines is 1. The van der Waals surface area contributed by atoms with Gasteiger partial charge in [0.15, 0.2) is 0 Å². The summed E-state index contributed by atoms with van der Waals surface area (Å²) in [4.78, 5) is 18.9. The van der Waals surface area contributed by atoms with E-state index in [1.165, 1.54) is 0 Å². The van der Waals surface area contributed by atoms with Crippen LogP contribution < -0.4 is 10.9 Å². The highest BCUT2D eigenvalue weighted by Gasteiger charge is 2.03. The van der Waals surface area contributed by atoms with Crippen LogP contribution >= 0.6 is 0 Å². The second-order valence-corrected chi connectivity index (χ2v) is 4.31. The maximum atomic E-state index is 11.9. The Morgan fingerprint density at radius 2 is 2.21 bits per heavy atom. The van der Waals surface area contributed by atoms with Gasteiger partial charge in [0.25, 0.3) is 5.56 Å². The van der Waals surface area contributed by atoms with Gasteiger partial charge in [-0.15, -0.1) is 0 Å². The molecule has 3 rings (SSSR count). The van der Waals surface area contributed by atoms with E-state index in [-0.39, 0.29) is 5.56 Å². The van der Waals surface area contributed by atoms with E-state index in [4.69, 9.17) is 0 Å². The molecule has 0 aliphatic heterocycles. The maximum Gasteiger partial charge on any atom is 0.260 e. The number of nitrogens with one attached hydrogen (secondary N) is 2. The van der Waals surface area contributed by atoms with Crippen molar-refractivity contribution < 1.29 is 0 Å². The second kappa shape index (κ2) is 4.56. The number of benzene rings is 1. The fourth-order valence-corrected chi connectivity index (χ4v) is 1.92. The van der Waals surface area contributed by atoms with E-state index in [1.807, 2.05) is 31.4 Å². The van der Waals surface area contributed by atoms with Crippen molar-refractivity contribution in [3.8, 4) is 0 Å². The van der Waals surface area contributed by atoms with Gasteiger partial charge in [-0.25, -0.2) is 4.98 Å². The first-order valence-corrected chi connectivity index (χ1v) is 5.93. The van der Waals surface area contributed by atoms with Crippen LogP contribution in [0.4, 0.5) is 5.95 Å². The molecule has 0 amide bonds. The number of H-pyrrole nitrogens is 1. The molecule has 0 saturated carbocycles. The van der Waals surface area contributed by atoms with E-state index in [2.05, 4.69) is 20.4 Å². The van der Waals surface area contributed by atoms with Gasteiger partial charge in [-0.2, -0.15) is 5.10 Å². The number of aromatic nitrogens is 4. The molecule has 3 aromatic rings. The molecule has 0 fully saturated rings. The molecule has 6 nitrogen and oxygen atoms in total. The zero-order chi connectivity index (χ0) is 13.2. The number of nitrogens with zero attached hydrogens (tertiary/aromatic N) is 3. The van der Waals surface area contributed by atoms with Gasteiger partial charge in [-0.1, -0.05) is 12.1 Å². The molecule has 0 spiro atoms. The van der Waals surface area contributed by atoms with Gasteiger partial charge >= 0.3 is 0 Å². The largest absolute Gasteiger partial charge is 0.352 e. The Morgan fingerprint density at radius 1 is 1.37 bits per heavy atom. The Balaban J connectivity index is 1.87. The summed E-state index contributed by atoms with van der Waals surface area (Å²) in [6.07, 6.45) is 3.68. The van der Waals surface area contributed by atoms with Gasteiger partial charge in [0.05, 0.1) is 17.1 Å². The van der Waals surface area contributed by atoms with Crippen molar-refractivity contribution in [1.82, 2.24) is 19.7 Å².